The van der Waals surface area contributed by atoms with Crippen LogP contribution in [0.1, 0.15) is 223 Å². The highest BCUT2D eigenvalue weighted by atomic mass is 16.4. The van der Waals surface area contributed by atoms with Gasteiger partial charge < -0.3 is 25.5 Å². The first-order valence-electron chi connectivity index (χ1n) is 28.9. The minimum Gasteiger partial charge on any atom is -0.481 e. The molecule has 8 rings (SSSR count). The quantitative estimate of drug-likeness (QED) is 0.0907. The summed E-state index contributed by atoms with van der Waals surface area (Å²) in [5.41, 5.74) is 4.63. The molecule has 0 radical (unpaired) electrons. The third-order valence-electron chi connectivity index (χ3n) is 21.5. The Hall–Kier alpha value is -1.70. The van der Waals surface area contributed by atoms with Gasteiger partial charge in [-0.25, -0.2) is 0 Å². The predicted octanol–water partition coefficient (Wildman–Crippen LogP) is 13.8. The number of fused-ring (bicyclic) bond motifs is 10. The second kappa shape index (κ2) is 23.7. The molecule has 1 amide bonds. The van der Waals surface area contributed by atoms with E-state index in [0.717, 1.165) is 119 Å². The number of allylic oxidation sites excluding steroid dienone is 2. The number of hydrogen-bond donors (Lipinski definition) is 4. The molecule has 0 aromatic carbocycles. The highest BCUT2D eigenvalue weighted by molar-refractivity contribution is 5.76. The van der Waals surface area contributed by atoms with Crippen LogP contribution in [0.4, 0.5) is 0 Å². The molecule has 8 aliphatic carbocycles. The third kappa shape index (κ3) is 11.7. The molecule has 0 aromatic heterocycles. The normalized spacial score (nSPS) is 40.2. The Kier molecular flexibility index (Phi) is 19.3. The van der Waals surface area contributed by atoms with E-state index in [1.165, 1.54) is 96.6 Å². The summed E-state index contributed by atoms with van der Waals surface area (Å²) in [7, 11) is 0. The van der Waals surface area contributed by atoms with E-state index in [4.69, 9.17) is 5.11 Å². The van der Waals surface area contributed by atoms with Gasteiger partial charge in [-0.2, -0.15) is 0 Å². The van der Waals surface area contributed by atoms with Crippen molar-refractivity contribution in [1.29, 1.82) is 0 Å². The molecule has 7 heteroatoms. The second-order valence-corrected chi connectivity index (χ2v) is 25.3. The summed E-state index contributed by atoms with van der Waals surface area (Å²) in [6.45, 7) is 27.8. The Balaban J connectivity index is 0.000000196. The summed E-state index contributed by atoms with van der Waals surface area (Å²) in [5, 5.41) is 32.8. The first kappa shape index (κ1) is 54.6. The van der Waals surface area contributed by atoms with Crippen molar-refractivity contribution in [2.75, 3.05) is 26.2 Å². The van der Waals surface area contributed by atoms with Crippen LogP contribution in [0.25, 0.3) is 0 Å². The summed E-state index contributed by atoms with van der Waals surface area (Å²) in [5.74, 6) is 7.22. The van der Waals surface area contributed by atoms with Gasteiger partial charge in [-0.05, 0) is 235 Å². The molecule has 6 saturated carbocycles. The Labute approximate surface area is 411 Å². The number of aliphatic hydroxyl groups is 2. The number of nitrogens with zero attached hydrogens (tertiary/aromatic N) is 1. The van der Waals surface area contributed by atoms with E-state index in [9.17, 15) is 19.8 Å². The molecule has 8 aliphatic rings. The van der Waals surface area contributed by atoms with Crippen molar-refractivity contribution in [1.82, 2.24) is 10.2 Å². The van der Waals surface area contributed by atoms with Crippen LogP contribution in [0.15, 0.2) is 23.3 Å². The lowest BCUT2D eigenvalue weighted by molar-refractivity contribution is -0.137. The maximum Gasteiger partial charge on any atom is 0.303 e. The van der Waals surface area contributed by atoms with Crippen molar-refractivity contribution >= 4 is 11.9 Å². The fraction of sp³-hybridized carbons (Fsp3) is 0.900. The van der Waals surface area contributed by atoms with Crippen LogP contribution >= 0.6 is 0 Å². The molecule has 0 saturated heterocycles. The van der Waals surface area contributed by atoms with E-state index in [1.54, 1.807) is 11.1 Å². The van der Waals surface area contributed by atoms with Gasteiger partial charge in [0.15, 0.2) is 0 Å². The molecule has 4 N–H and O–H groups in total. The number of hydrogen-bond acceptors (Lipinski definition) is 5. The van der Waals surface area contributed by atoms with Crippen molar-refractivity contribution in [2.45, 2.75) is 236 Å². The summed E-state index contributed by atoms with van der Waals surface area (Å²) in [6.07, 6.45) is 31.7. The lowest BCUT2D eigenvalue weighted by atomic mass is 9.47. The number of amides is 1. The van der Waals surface area contributed by atoms with Crippen LogP contribution in [-0.4, -0.2) is 70.5 Å². The minimum absolute atomic E-state index is 0.111. The molecule has 7 nitrogen and oxygen atoms in total. The molecule has 0 unspecified atom stereocenters. The molecule has 384 valence electrons. The minimum atomic E-state index is -0.650. The fourth-order valence-electron chi connectivity index (χ4n) is 17.9. The Bertz CT molecular complexity index is 1670. The topological polar surface area (TPSA) is 110 Å². The molecule has 16 atom stereocenters. The van der Waals surface area contributed by atoms with Gasteiger partial charge in [0.1, 0.15) is 0 Å². The number of nitrogens with one attached hydrogen (secondary N) is 1. The molecular formula is C60H104N2O5. The van der Waals surface area contributed by atoms with E-state index in [-0.39, 0.29) is 12.2 Å². The number of carbonyl (C=O) groups is 2. The van der Waals surface area contributed by atoms with Gasteiger partial charge >= 0.3 is 5.97 Å². The summed E-state index contributed by atoms with van der Waals surface area (Å²) < 4.78 is 0. The molecular weight excluding hydrogens is 829 g/mol. The molecule has 0 aromatic rings. The summed E-state index contributed by atoms with van der Waals surface area (Å²) >= 11 is 0. The Morgan fingerprint density at radius 3 is 1.45 bits per heavy atom. The number of aliphatic hydroxyl groups excluding tert-OH is 2. The van der Waals surface area contributed by atoms with Crippen LogP contribution in [-0.2, 0) is 9.59 Å². The first-order valence-corrected chi connectivity index (χ1v) is 28.9. The zero-order chi connectivity index (χ0) is 48.7. The fourth-order valence-corrected chi connectivity index (χ4v) is 17.9. The highest BCUT2D eigenvalue weighted by Gasteiger charge is 2.61. The SMILES string of the molecule is CCCN(CCC)C(=O)CC[C@@H](C)[C@H]1CC[C@H]2[C@@H]3CC=C4C[C@@H](O)CC[C@]4(C)[C@H]3CC[C@]12C.CCCNCCC.C[C@H](CCC(=O)O)[C@H]1CC[C@H]2[C@@H]3CC=C4C[C@@H](O)CC[C@]4(C)[C@H]3CC[C@]12C. The lowest BCUT2D eigenvalue weighted by Gasteiger charge is -2.58. The zero-order valence-corrected chi connectivity index (χ0v) is 45.0. The molecule has 67 heavy (non-hydrogen) atoms. The van der Waals surface area contributed by atoms with Crippen LogP contribution in [0.3, 0.4) is 0 Å². The van der Waals surface area contributed by atoms with Gasteiger partial charge in [0.2, 0.25) is 5.91 Å². The lowest BCUT2D eigenvalue weighted by Crippen LogP contribution is -2.50. The average molecular weight is 934 g/mol. The molecule has 6 fully saturated rings. The number of rotatable bonds is 16. The smallest absolute Gasteiger partial charge is 0.303 e. The predicted molar refractivity (Wildman–Crippen MR) is 277 cm³/mol. The van der Waals surface area contributed by atoms with E-state index < -0.39 is 5.97 Å². The maximum absolute atomic E-state index is 12.9. The highest BCUT2D eigenvalue weighted by Crippen LogP contribution is 2.69. The van der Waals surface area contributed by atoms with Crippen LogP contribution in [0, 0.1) is 80.8 Å². The van der Waals surface area contributed by atoms with Gasteiger partial charge in [-0.15, -0.1) is 0 Å². The van der Waals surface area contributed by atoms with E-state index in [0.29, 0.717) is 51.7 Å². The first-order chi connectivity index (χ1) is 31.9. The molecule has 0 heterocycles. The third-order valence-corrected chi connectivity index (χ3v) is 21.5. The zero-order valence-electron chi connectivity index (χ0n) is 45.0. The van der Waals surface area contributed by atoms with Gasteiger partial charge in [-0.3, -0.25) is 9.59 Å². The molecule has 0 bridgehead atoms. The largest absolute Gasteiger partial charge is 0.481 e. The number of carboxylic acid groups (broad SMARTS) is 1. The Morgan fingerprint density at radius 2 is 1.04 bits per heavy atom. The standard InChI is InChI=1S/C30H51NO2.C24H38O3.C6H15N/c1-6-18-31(19-7-2)28(33)13-8-21(3)25-11-12-26-24-10-9-22-20-23(32)14-16-29(22,4)27(24)15-17-30(25,26)5;1-15(4-9-22(26)27)19-7-8-20-18-6-5-16-14-17(25)10-12-23(16,2)21(18)11-13-24(19,20)3;1-3-5-7-6-4-2/h9,21,23-27,32H,6-8,10-20H2,1-5H3;5,15,17-21,25H,4,6-14H2,1-3H3,(H,26,27);7H,3-6H2,1-2H3/t21-,23+,24+,25-,26+,27+,29+,30-;15-,17+,18+,19-,20+,21+,23+,24-;/m11./s1. The van der Waals surface area contributed by atoms with Crippen molar-refractivity contribution in [3.8, 4) is 0 Å². The van der Waals surface area contributed by atoms with Crippen LogP contribution < -0.4 is 5.32 Å². The van der Waals surface area contributed by atoms with E-state index in [1.807, 2.05) is 0 Å². The van der Waals surface area contributed by atoms with Gasteiger partial charge in [0.05, 0.1) is 12.2 Å². The molecule has 0 aliphatic heterocycles. The van der Waals surface area contributed by atoms with Crippen molar-refractivity contribution in [2.24, 2.45) is 80.8 Å². The van der Waals surface area contributed by atoms with Crippen LogP contribution in [0.5, 0.6) is 0 Å². The van der Waals surface area contributed by atoms with Crippen molar-refractivity contribution in [3.05, 3.63) is 23.3 Å². The van der Waals surface area contributed by atoms with Gasteiger partial charge in [-0.1, -0.05) is 92.5 Å². The van der Waals surface area contributed by atoms with Gasteiger partial charge in [0, 0.05) is 25.9 Å². The summed E-state index contributed by atoms with van der Waals surface area (Å²) in [6, 6.07) is 0. The van der Waals surface area contributed by atoms with Crippen molar-refractivity contribution in [3.63, 3.8) is 0 Å². The van der Waals surface area contributed by atoms with E-state index >= 15 is 0 Å². The van der Waals surface area contributed by atoms with Crippen LogP contribution in [0.2, 0.25) is 0 Å². The summed E-state index contributed by atoms with van der Waals surface area (Å²) in [4.78, 5) is 26.0. The number of carbonyl (C=O) groups excluding carboxylic acids is 1. The van der Waals surface area contributed by atoms with Gasteiger partial charge in [0.25, 0.3) is 0 Å². The van der Waals surface area contributed by atoms with E-state index in [2.05, 4.69) is 91.6 Å². The molecule has 0 spiro atoms. The second-order valence-electron chi connectivity index (χ2n) is 25.3. The average Bonchev–Trinajstić information content (AvgIpc) is 3.85. The van der Waals surface area contributed by atoms with Crippen molar-refractivity contribution < 1.29 is 24.9 Å². The number of aliphatic carboxylic acids is 1. The Morgan fingerprint density at radius 1 is 0.612 bits per heavy atom. The maximum atomic E-state index is 12.9. The number of carboxylic acids is 1. The monoisotopic (exact) mass is 933 g/mol.